The zero-order chi connectivity index (χ0) is 37.4. The third-order valence-electron chi connectivity index (χ3n) is 12.0. The van der Waals surface area contributed by atoms with Crippen LogP contribution in [-0.2, 0) is 11.3 Å². The van der Waals surface area contributed by atoms with Crippen LogP contribution in [0.25, 0.3) is 11.1 Å². The van der Waals surface area contributed by atoms with Crippen molar-refractivity contribution in [2.24, 2.45) is 5.92 Å². The predicted octanol–water partition coefficient (Wildman–Crippen LogP) is 5.22. The Hall–Kier alpha value is -5.63. The van der Waals surface area contributed by atoms with Gasteiger partial charge in [-0.25, -0.2) is 4.98 Å². The number of pyridine rings is 1. The molecule has 282 valence electrons. The Bertz CT molecular complexity index is 2250. The Labute approximate surface area is 319 Å². The van der Waals surface area contributed by atoms with Gasteiger partial charge in [0.25, 0.3) is 11.8 Å². The third kappa shape index (κ3) is 6.21. The zero-order valence-electron chi connectivity index (χ0n) is 31.2. The van der Waals surface area contributed by atoms with E-state index in [2.05, 4.69) is 66.7 Å². The average Bonchev–Trinajstić information content (AvgIpc) is 4.07. The number of anilines is 4. The van der Waals surface area contributed by atoms with Crippen LogP contribution in [0.3, 0.4) is 0 Å². The van der Waals surface area contributed by atoms with Gasteiger partial charge in [-0.1, -0.05) is 36.8 Å². The summed E-state index contributed by atoms with van der Waals surface area (Å²) in [6.07, 6.45) is 10.9. The predicted molar refractivity (Wildman–Crippen MR) is 207 cm³/mol. The van der Waals surface area contributed by atoms with Crippen molar-refractivity contribution in [2.75, 3.05) is 42.2 Å². The van der Waals surface area contributed by atoms with Gasteiger partial charge in [0.15, 0.2) is 11.5 Å². The van der Waals surface area contributed by atoms with E-state index >= 15 is 0 Å². The second-order valence-electron chi connectivity index (χ2n) is 16.0. The molecule has 3 N–H and O–H groups in total. The quantitative estimate of drug-likeness (QED) is 0.175. The van der Waals surface area contributed by atoms with E-state index < -0.39 is 0 Å². The van der Waals surface area contributed by atoms with E-state index in [-0.39, 0.29) is 53.5 Å². The molecule has 6 aliphatic rings. The van der Waals surface area contributed by atoms with E-state index in [1.54, 1.807) is 6.07 Å². The SMILES string of the molecule is CCC1c2c(cnn2C2CN(Cc3cccc(C(=O)N4CC5=CC4CC5)n3)C2)-c2cccc(Nc3cc(NC(=O)C4CC4)nnc3C(=O)NC3CC3)c2N1C. The highest BCUT2D eigenvalue weighted by molar-refractivity contribution is 6.01. The molecule has 4 aromatic rings. The number of amides is 3. The topological polar surface area (TPSA) is 154 Å². The minimum atomic E-state index is -0.288. The molecule has 3 aromatic heterocycles. The van der Waals surface area contributed by atoms with Gasteiger partial charge in [0, 0.05) is 62.4 Å². The van der Waals surface area contributed by atoms with Crippen molar-refractivity contribution in [1.82, 2.24) is 40.1 Å². The maximum Gasteiger partial charge on any atom is 0.274 e. The lowest BCUT2D eigenvalue weighted by atomic mass is 9.91. The van der Waals surface area contributed by atoms with Crippen LogP contribution in [0.2, 0.25) is 0 Å². The molecule has 14 nitrogen and oxygen atoms in total. The lowest BCUT2D eigenvalue weighted by molar-refractivity contribution is -0.117. The fraction of sp³-hybridized carbons (Fsp3) is 0.439. The van der Waals surface area contributed by atoms with Gasteiger partial charge in [0.2, 0.25) is 5.91 Å². The molecule has 55 heavy (non-hydrogen) atoms. The first-order chi connectivity index (χ1) is 26.8. The molecule has 2 bridgehead atoms. The molecule has 10 rings (SSSR count). The summed E-state index contributed by atoms with van der Waals surface area (Å²) < 4.78 is 2.21. The van der Waals surface area contributed by atoms with Crippen LogP contribution in [0, 0.1) is 5.92 Å². The monoisotopic (exact) mass is 739 g/mol. The third-order valence-corrected chi connectivity index (χ3v) is 12.0. The van der Waals surface area contributed by atoms with Gasteiger partial charge in [-0.3, -0.25) is 24.0 Å². The van der Waals surface area contributed by atoms with Gasteiger partial charge >= 0.3 is 0 Å². The highest BCUT2D eigenvalue weighted by Crippen LogP contribution is 2.50. The van der Waals surface area contributed by atoms with E-state index in [1.165, 1.54) is 11.3 Å². The van der Waals surface area contributed by atoms with Gasteiger partial charge in [0.1, 0.15) is 5.69 Å². The molecule has 0 spiro atoms. The Morgan fingerprint density at radius 1 is 0.945 bits per heavy atom. The minimum Gasteiger partial charge on any atom is -0.364 e. The van der Waals surface area contributed by atoms with Crippen LogP contribution in [0.4, 0.5) is 22.9 Å². The van der Waals surface area contributed by atoms with E-state index in [0.29, 0.717) is 23.7 Å². The number of hydrogen-bond acceptors (Lipinski definition) is 10. The van der Waals surface area contributed by atoms with E-state index in [0.717, 1.165) is 92.8 Å². The van der Waals surface area contributed by atoms with Gasteiger partial charge in [-0.2, -0.15) is 5.10 Å². The molecule has 3 aliphatic carbocycles. The summed E-state index contributed by atoms with van der Waals surface area (Å²) >= 11 is 0. The zero-order valence-corrected chi connectivity index (χ0v) is 31.2. The molecule has 14 heteroatoms. The summed E-state index contributed by atoms with van der Waals surface area (Å²) in [6.45, 7) is 5.29. The fourth-order valence-electron chi connectivity index (χ4n) is 8.76. The number of carbonyl (C=O) groups is 3. The number of carbonyl (C=O) groups excluding carboxylic acids is 3. The molecule has 3 amide bonds. The average molecular weight is 740 g/mol. The number of benzene rings is 1. The minimum absolute atomic E-state index is 0.00828. The van der Waals surface area contributed by atoms with Crippen LogP contribution in [-0.4, -0.2) is 91.2 Å². The second kappa shape index (κ2) is 13.3. The van der Waals surface area contributed by atoms with E-state index in [4.69, 9.17) is 10.1 Å². The lowest BCUT2D eigenvalue weighted by Crippen LogP contribution is -2.48. The number of fused-ring (bicyclic) bond motifs is 4. The first-order valence-electron chi connectivity index (χ1n) is 19.7. The summed E-state index contributed by atoms with van der Waals surface area (Å²) in [5.41, 5.74) is 8.64. The van der Waals surface area contributed by atoms with Gasteiger partial charge < -0.3 is 25.8 Å². The maximum atomic E-state index is 13.3. The van der Waals surface area contributed by atoms with Crippen molar-refractivity contribution in [2.45, 2.75) is 82.6 Å². The molecule has 6 heterocycles. The molecular weight excluding hydrogens is 695 g/mol. The van der Waals surface area contributed by atoms with Crippen molar-refractivity contribution < 1.29 is 14.4 Å². The normalized spacial score (nSPS) is 21.5. The molecule has 1 aromatic carbocycles. The standard InChI is InChI=1S/C41H45N11O3/c1-3-34-38-30(18-42-52(38)28-21-50(22-28)20-26-6-4-9-32(43-26)41(55)51-19-23-10-15-27(51)16-23)29-7-5-8-31(37(29)49(34)2)45-33-17-35(46-39(53)24-11-12-24)47-48-36(33)40(54)44-25-13-14-25/h4-9,16-18,24-25,27-28,34H,3,10-15,19-22H2,1-2H3,(H,44,54)(H2,45,46,47,53). The number of para-hydroxylation sites is 1. The van der Waals surface area contributed by atoms with Gasteiger partial charge in [-0.15, -0.1) is 10.2 Å². The molecule has 2 unspecified atom stereocenters. The summed E-state index contributed by atoms with van der Waals surface area (Å²) in [4.78, 5) is 50.6. The summed E-state index contributed by atoms with van der Waals surface area (Å²) in [5, 5.41) is 22.9. The first kappa shape index (κ1) is 33.9. The Morgan fingerprint density at radius 3 is 2.53 bits per heavy atom. The first-order valence-corrected chi connectivity index (χ1v) is 19.7. The lowest BCUT2D eigenvalue weighted by Gasteiger charge is -2.43. The Balaban J connectivity index is 0.883. The van der Waals surface area contributed by atoms with Crippen molar-refractivity contribution >= 4 is 40.6 Å². The largest absolute Gasteiger partial charge is 0.364 e. The summed E-state index contributed by atoms with van der Waals surface area (Å²) in [5.74, 6) is -0.0152. The summed E-state index contributed by atoms with van der Waals surface area (Å²) in [7, 11) is 2.11. The maximum absolute atomic E-state index is 13.3. The van der Waals surface area contributed by atoms with Crippen molar-refractivity contribution in [3.05, 3.63) is 83.1 Å². The number of piperidine rings is 1. The van der Waals surface area contributed by atoms with Crippen molar-refractivity contribution in [3.8, 4) is 11.1 Å². The number of rotatable bonds is 11. The highest BCUT2D eigenvalue weighted by atomic mass is 16.2. The smallest absolute Gasteiger partial charge is 0.274 e. The number of nitrogens with zero attached hydrogens (tertiary/aromatic N) is 8. The fourth-order valence-corrected chi connectivity index (χ4v) is 8.76. The van der Waals surface area contributed by atoms with Crippen LogP contribution in [0.15, 0.2) is 60.3 Å². The molecule has 2 atom stereocenters. The molecule has 0 radical (unpaired) electrons. The van der Waals surface area contributed by atoms with E-state index in [1.807, 2.05) is 41.4 Å². The molecule has 1 saturated heterocycles. The Kier molecular flexibility index (Phi) is 8.19. The number of nitrogens with one attached hydrogen (secondary N) is 3. The van der Waals surface area contributed by atoms with Crippen LogP contribution in [0.5, 0.6) is 0 Å². The second-order valence-corrected chi connectivity index (χ2v) is 16.0. The molecule has 3 fully saturated rings. The number of likely N-dealkylation sites (tertiary alicyclic amines) is 2. The van der Waals surface area contributed by atoms with E-state index in [9.17, 15) is 14.4 Å². The van der Waals surface area contributed by atoms with Crippen molar-refractivity contribution in [1.29, 1.82) is 0 Å². The Morgan fingerprint density at radius 2 is 1.78 bits per heavy atom. The van der Waals surface area contributed by atoms with Crippen LogP contribution >= 0.6 is 0 Å². The van der Waals surface area contributed by atoms with Crippen molar-refractivity contribution in [3.63, 3.8) is 0 Å². The van der Waals surface area contributed by atoms with Crippen LogP contribution < -0.4 is 20.9 Å². The molecule has 3 aliphatic heterocycles. The highest BCUT2D eigenvalue weighted by Gasteiger charge is 2.39. The van der Waals surface area contributed by atoms with Gasteiger partial charge in [0.05, 0.1) is 52.8 Å². The number of hydrogen-bond donors (Lipinski definition) is 3. The number of aromatic nitrogens is 5. The summed E-state index contributed by atoms with van der Waals surface area (Å²) in [6, 6.07) is 14.3. The molecular formula is C41H45N11O3. The van der Waals surface area contributed by atoms with Crippen LogP contribution in [0.1, 0.15) is 96.3 Å². The molecule has 2 saturated carbocycles. The van der Waals surface area contributed by atoms with Gasteiger partial charge in [-0.05, 0) is 63.1 Å².